The van der Waals surface area contributed by atoms with Crippen molar-refractivity contribution in [2.24, 2.45) is 0 Å². The lowest BCUT2D eigenvalue weighted by Gasteiger charge is -2.08. The van der Waals surface area contributed by atoms with Gasteiger partial charge in [0.05, 0.1) is 5.02 Å². The Labute approximate surface area is 111 Å². The number of carbonyl (C=O) groups excluding carboxylic acids is 2. The van der Waals surface area contributed by atoms with Crippen LogP contribution in [0.25, 0.3) is 0 Å². The van der Waals surface area contributed by atoms with Gasteiger partial charge in [0.2, 0.25) is 0 Å². The van der Waals surface area contributed by atoms with Crippen molar-refractivity contribution in [1.29, 1.82) is 0 Å². The molecule has 0 aliphatic rings. The monoisotopic (exact) mass is 267 g/mol. The van der Waals surface area contributed by atoms with E-state index in [9.17, 15) is 9.59 Å². The zero-order chi connectivity index (χ0) is 13.5. The number of nitrogens with one attached hydrogen (secondary N) is 1. The Balaban J connectivity index is 2.60. The molecule has 5 heteroatoms. The van der Waals surface area contributed by atoms with E-state index in [1.165, 1.54) is 13.0 Å². The second kappa shape index (κ2) is 6.81. The normalized spacial score (nSPS) is 9.67. The largest absolute Gasteiger partial charge is 0.482 e. The molecule has 0 fully saturated rings. The molecule has 0 aliphatic carbocycles. The van der Waals surface area contributed by atoms with E-state index in [4.69, 9.17) is 16.3 Å². The molecular formula is C13H14ClNO3. The molecule has 1 aromatic rings. The molecule has 4 nitrogen and oxygen atoms in total. The summed E-state index contributed by atoms with van der Waals surface area (Å²) in [5.74, 6) is 0.0317. The van der Waals surface area contributed by atoms with Crippen LogP contribution in [0, 0.1) is 0 Å². The fraction of sp³-hybridized carbons (Fsp3) is 0.231. The Morgan fingerprint density at radius 3 is 2.78 bits per heavy atom. The molecule has 1 amide bonds. The molecule has 0 radical (unpaired) electrons. The standard InChI is InChI=1S/C13H14ClNO3/c1-3-6-15-13(17)8-18-12-5-4-10(9(2)16)7-11(12)14/h3-5,7H,1,6,8H2,2H3,(H,15,17). The van der Waals surface area contributed by atoms with Gasteiger partial charge in [0, 0.05) is 12.1 Å². The van der Waals surface area contributed by atoms with Gasteiger partial charge in [-0.05, 0) is 25.1 Å². The van der Waals surface area contributed by atoms with Crippen molar-refractivity contribution >= 4 is 23.3 Å². The van der Waals surface area contributed by atoms with Gasteiger partial charge in [0.1, 0.15) is 5.75 Å². The molecule has 1 rings (SSSR count). The molecule has 0 saturated carbocycles. The average molecular weight is 268 g/mol. The SMILES string of the molecule is C=CCNC(=O)COc1ccc(C(C)=O)cc1Cl. The van der Waals surface area contributed by atoms with E-state index in [1.807, 2.05) is 0 Å². The molecule has 1 N–H and O–H groups in total. The molecule has 0 atom stereocenters. The van der Waals surface area contributed by atoms with Gasteiger partial charge < -0.3 is 10.1 Å². The lowest BCUT2D eigenvalue weighted by molar-refractivity contribution is -0.122. The predicted octanol–water partition coefficient (Wildman–Crippen LogP) is 2.22. The fourth-order valence-electron chi connectivity index (χ4n) is 1.22. The predicted molar refractivity (Wildman–Crippen MR) is 70.2 cm³/mol. The van der Waals surface area contributed by atoms with Crippen LogP contribution >= 0.6 is 11.6 Å². The number of rotatable bonds is 6. The lowest BCUT2D eigenvalue weighted by Crippen LogP contribution is -2.28. The van der Waals surface area contributed by atoms with Gasteiger partial charge in [-0.15, -0.1) is 6.58 Å². The molecule has 1 aromatic carbocycles. The summed E-state index contributed by atoms with van der Waals surface area (Å²) in [6.07, 6.45) is 1.58. The highest BCUT2D eigenvalue weighted by molar-refractivity contribution is 6.32. The number of ether oxygens (including phenoxy) is 1. The third-order valence-corrected chi connectivity index (χ3v) is 2.44. The number of ketones is 1. The summed E-state index contributed by atoms with van der Waals surface area (Å²) in [7, 11) is 0. The molecule has 0 aliphatic heterocycles. The number of benzene rings is 1. The van der Waals surface area contributed by atoms with Crippen LogP contribution in [0.5, 0.6) is 5.75 Å². The second-order valence-corrected chi connectivity index (χ2v) is 3.99. The Morgan fingerprint density at radius 2 is 2.22 bits per heavy atom. The summed E-state index contributed by atoms with van der Waals surface area (Å²) >= 11 is 5.94. The maximum absolute atomic E-state index is 11.3. The summed E-state index contributed by atoms with van der Waals surface area (Å²) in [5.41, 5.74) is 0.503. The summed E-state index contributed by atoms with van der Waals surface area (Å²) < 4.78 is 5.24. The Kier molecular flexibility index (Phi) is 5.39. The van der Waals surface area contributed by atoms with E-state index in [2.05, 4.69) is 11.9 Å². The van der Waals surface area contributed by atoms with E-state index in [0.717, 1.165) is 0 Å². The molecule has 0 unspecified atom stereocenters. The minimum atomic E-state index is -0.262. The van der Waals surface area contributed by atoms with Crippen molar-refractivity contribution in [3.63, 3.8) is 0 Å². The number of hydrogen-bond acceptors (Lipinski definition) is 3. The van der Waals surface area contributed by atoms with E-state index in [1.54, 1.807) is 18.2 Å². The zero-order valence-electron chi connectivity index (χ0n) is 10.0. The molecule has 0 aromatic heterocycles. The topological polar surface area (TPSA) is 55.4 Å². The van der Waals surface area contributed by atoms with Crippen molar-refractivity contribution in [2.45, 2.75) is 6.92 Å². The van der Waals surface area contributed by atoms with Gasteiger partial charge in [-0.25, -0.2) is 0 Å². The van der Waals surface area contributed by atoms with E-state index >= 15 is 0 Å². The zero-order valence-corrected chi connectivity index (χ0v) is 10.8. The van der Waals surface area contributed by atoms with Crippen LogP contribution in [0.2, 0.25) is 5.02 Å². The van der Waals surface area contributed by atoms with Gasteiger partial charge in [-0.3, -0.25) is 9.59 Å². The Hall–Kier alpha value is -1.81. The summed E-state index contributed by atoms with van der Waals surface area (Å²) in [5, 5.41) is 2.88. The van der Waals surface area contributed by atoms with Gasteiger partial charge in [0.25, 0.3) is 5.91 Å². The first-order chi connectivity index (χ1) is 8.54. The first-order valence-corrected chi connectivity index (χ1v) is 5.73. The number of amides is 1. The maximum atomic E-state index is 11.3. The molecule has 96 valence electrons. The highest BCUT2D eigenvalue weighted by Gasteiger charge is 2.07. The van der Waals surface area contributed by atoms with Crippen LogP contribution in [-0.4, -0.2) is 24.8 Å². The van der Waals surface area contributed by atoms with Crippen LogP contribution in [0.15, 0.2) is 30.9 Å². The smallest absolute Gasteiger partial charge is 0.258 e. The molecular weight excluding hydrogens is 254 g/mol. The third kappa shape index (κ3) is 4.22. The Bertz CT molecular complexity index is 471. The van der Waals surface area contributed by atoms with Crippen LogP contribution < -0.4 is 10.1 Å². The summed E-state index contributed by atoms with van der Waals surface area (Å²) in [6.45, 7) is 5.19. The second-order valence-electron chi connectivity index (χ2n) is 3.58. The van der Waals surface area contributed by atoms with Crippen LogP contribution in [0.3, 0.4) is 0 Å². The van der Waals surface area contributed by atoms with Crippen molar-refractivity contribution in [3.8, 4) is 5.75 Å². The first-order valence-electron chi connectivity index (χ1n) is 5.35. The quantitative estimate of drug-likeness (QED) is 0.635. The minimum absolute atomic E-state index is 0.0767. The maximum Gasteiger partial charge on any atom is 0.258 e. The summed E-state index contributed by atoms with van der Waals surface area (Å²) in [6, 6.07) is 4.69. The van der Waals surface area contributed by atoms with Crippen molar-refractivity contribution in [2.75, 3.05) is 13.2 Å². The molecule has 18 heavy (non-hydrogen) atoms. The minimum Gasteiger partial charge on any atom is -0.482 e. The van der Waals surface area contributed by atoms with E-state index in [0.29, 0.717) is 22.9 Å². The highest BCUT2D eigenvalue weighted by Crippen LogP contribution is 2.25. The number of carbonyl (C=O) groups is 2. The molecule has 0 saturated heterocycles. The van der Waals surface area contributed by atoms with Gasteiger partial charge in [-0.1, -0.05) is 17.7 Å². The highest BCUT2D eigenvalue weighted by atomic mass is 35.5. The number of Topliss-reactive ketones (excluding diaryl/α,β-unsaturated/α-hetero) is 1. The number of hydrogen-bond donors (Lipinski definition) is 1. The summed E-state index contributed by atoms with van der Waals surface area (Å²) in [4.78, 5) is 22.4. The van der Waals surface area contributed by atoms with Gasteiger partial charge >= 0.3 is 0 Å². The molecule has 0 spiro atoms. The molecule has 0 bridgehead atoms. The van der Waals surface area contributed by atoms with Crippen molar-refractivity contribution in [3.05, 3.63) is 41.4 Å². The third-order valence-electron chi connectivity index (χ3n) is 2.14. The average Bonchev–Trinajstić information content (AvgIpc) is 2.34. The van der Waals surface area contributed by atoms with Crippen molar-refractivity contribution in [1.82, 2.24) is 5.32 Å². The lowest BCUT2D eigenvalue weighted by atomic mass is 10.1. The van der Waals surface area contributed by atoms with Gasteiger partial charge in [-0.2, -0.15) is 0 Å². The molecule has 0 heterocycles. The van der Waals surface area contributed by atoms with E-state index < -0.39 is 0 Å². The first kappa shape index (κ1) is 14.3. The van der Waals surface area contributed by atoms with Crippen LogP contribution in [0.1, 0.15) is 17.3 Å². The van der Waals surface area contributed by atoms with Crippen LogP contribution in [-0.2, 0) is 4.79 Å². The number of halogens is 1. The van der Waals surface area contributed by atoms with Crippen LogP contribution in [0.4, 0.5) is 0 Å². The van der Waals surface area contributed by atoms with Gasteiger partial charge in [0.15, 0.2) is 12.4 Å². The Morgan fingerprint density at radius 1 is 1.50 bits per heavy atom. The van der Waals surface area contributed by atoms with Crippen molar-refractivity contribution < 1.29 is 14.3 Å². The fourth-order valence-corrected chi connectivity index (χ4v) is 1.45. The van der Waals surface area contributed by atoms with E-state index in [-0.39, 0.29) is 18.3 Å².